The van der Waals surface area contributed by atoms with Crippen LogP contribution in [0.25, 0.3) is 5.69 Å². The van der Waals surface area contributed by atoms with Crippen LogP contribution in [0.1, 0.15) is 40.3 Å². The van der Waals surface area contributed by atoms with E-state index in [-0.39, 0.29) is 17.1 Å². The van der Waals surface area contributed by atoms with E-state index in [1.54, 1.807) is 18.5 Å². The van der Waals surface area contributed by atoms with E-state index >= 15 is 0 Å². The van der Waals surface area contributed by atoms with Gasteiger partial charge in [0.25, 0.3) is 5.91 Å². The lowest BCUT2D eigenvalue weighted by atomic mass is 10.0. The third kappa shape index (κ3) is 5.02. The topological polar surface area (TPSA) is 111 Å². The lowest BCUT2D eigenvalue weighted by Crippen LogP contribution is -2.35. The van der Waals surface area contributed by atoms with Crippen molar-refractivity contribution in [3.05, 3.63) is 77.1 Å². The Morgan fingerprint density at radius 3 is 2.24 bits per heavy atom. The fraction of sp³-hybridized carbons (Fsp3) is 0.292. The highest BCUT2D eigenvalue weighted by molar-refractivity contribution is 7.89. The molecule has 3 rings (SSSR count). The van der Waals surface area contributed by atoms with Gasteiger partial charge in [-0.25, -0.2) is 22.2 Å². The molecule has 1 atom stereocenters. The Morgan fingerprint density at radius 1 is 1.06 bits per heavy atom. The number of nitrogens with one attached hydrogen (secondary N) is 1. The number of hydrogen-bond donors (Lipinski definition) is 1. The summed E-state index contributed by atoms with van der Waals surface area (Å²) in [6.07, 6.45) is 0. The first kappa shape index (κ1) is 25.1. The van der Waals surface area contributed by atoms with Gasteiger partial charge in [0.1, 0.15) is 0 Å². The highest BCUT2D eigenvalue weighted by atomic mass is 32.2. The third-order valence-corrected chi connectivity index (χ3v) is 7.16. The average Bonchev–Trinajstić information content (AvgIpc) is 3.11. The molecular weight excluding hydrogens is 456 g/mol. The van der Waals surface area contributed by atoms with Gasteiger partial charge in [-0.1, -0.05) is 18.2 Å². The summed E-state index contributed by atoms with van der Waals surface area (Å²) in [4.78, 5) is 25.9. The minimum absolute atomic E-state index is 0.0619. The summed E-state index contributed by atoms with van der Waals surface area (Å²) in [6, 6.07) is 13.9. The number of esters is 1. The number of benzene rings is 2. The minimum atomic E-state index is -3.62. The second-order valence-electron chi connectivity index (χ2n) is 7.80. The predicted molar refractivity (Wildman–Crippen MR) is 127 cm³/mol. The number of para-hydroxylation sites is 1. The average molecular weight is 485 g/mol. The zero-order valence-corrected chi connectivity index (χ0v) is 20.6. The molecule has 0 aliphatic carbocycles. The van der Waals surface area contributed by atoms with Crippen LogP contribution < -0.4 is 5.32 Å². The first-order chi connectivity index (χ1) is 16.1. The van der Waals surface area contributed by atoms with Crippen molar-refractivity contribution >= 4 is 21.9 Å². The van der Waals surface area contributed by atoms with Crippen LogP contribution in [0.5, 0.6) is 0 Å². The lowest BCUT2D eigenvalue weighted by Gasteiger charge is -2.18. The molecule has 1 heterocycles. The van der Waals surface area contributed by atoms with Crippen LogP contribution in [0.2, 0.25) is 0 Å². The summed E-state index contributed by atoms with van der Waals surface area (Å²) in [5, 5.41) is 7.30. The Hall–Kier alpha value is -3.50. The largest absolute Gasteiger partial charge is 0.464 e. The van der Waals surface area contributed by atoms with Gasteiger partial charge in [-0.05, 0) is 57.2 Å². The zero-order valence-electron chi connectivity index (χ0n) is 19.8. The number of sulfonamides is 1. The molecule has 1 N–H and O–H groups in total. The van der Waals surface area contributed by atoms with Gasteiger partial charge >= 0.3 is 5.97 Å². The summed E-state index contributed by atoms with van der Waals surface area (Å²) in [5.41, 5.74) is 2.84. The lowest BCUT2D eigenvalue weighted by molar-refractivity contribution is -0.145. The number of aryl methyl sites for hydroxylation is 1. The summed E-state index contributed by atoms with van der Waals surface area (Å²) in [6.45, 7) is 5.42. The van der Waals surface area contributed by atoms with Gasteiger partial charge < -0.3 is 10.1 Å². The predicted octanol–water partition coefficient (Wildman–Crippen LogP) is 2.77. The molecule has 10 heteroatoms. The van der Waals surface area contributed by atoms with E-state index in [0.29, 0.717) is 17.0 Å². The monoisotopic (exact) mass is 484 g/mol. The van der Waals surface area contributed by atoms with Crippen molar-refractivity contribution in [3.8, 4) is 5.69 Å². The molecule has 0 saturated carbocycles. The number of carbonyl (C=O) groups excluding carboxylic acids is 2. The Kier molecular flexibility index (Phi) is 7.53. The fourth-order valence-electron chi connectivity index (χ4n) is 3.57. The highest BCUT2D eigenvalue weighted by Crippen LogP contribution is 2.26. The smallest absolute Gasteiger partial charge is 0.333 e. The summed E-state index contributed by atoms with van der Waals surface area (Å²) in [5.74, 6) is -1.15. The second kappa shape index (κ2) is 10.2. The maximum atomic E-state index is 13.0. The molecular formula is C24H28N4O5S. The van der Waals surface area contributed by atoms with Crippen molar-refractivity contribution in [2.24, 2.45) is 0 Å². The molecule has 1 amide bonds. The van der Waals surface area contributed by atoms with Gasteiger partial charge in [0, 0.05) is 30.9 Å². The molecule has 3 aromatic rings. The first-order valence-corrected chi connectivity index (χ1v) is 12.1. The Balaban J connectivity index is 1.95. The molecule has 180 valence electrons. The molecule has 0 bridgehead atoms. The van der Waals surface area contributed by atoms with E-state index in [9.17, 15) is 18.0 Å². The third-order valence-electron chi connectivity index (χ3n) is 5.33. The highest BCUT2D eigenvalue weighted by Gasteiger charge is 2.31. The van der Waals surface area contributed by atoms with Crippen LogP contribution in [0, 0.1) is 13.8 Å². The molecule has 0 aliphatic rings. The standard InChI is InChI=1S/C24H28N4O5S/c1-6-33-24(30)22(21-16(2)26-28(17(21)3)19-10-8-7-9-11-19)25-23(29)18-12-14-20(15-13-18)34(31,32)27(4)5/h7-15,22H,6H2,1-5H3,(H,25,29). The SMILES string of the molecule is CCOC(=O)C(NC(=O)c1ccc(S(=O)(=O)N(C)C)cc1)c1c(C)nn(-c2ccccc2)c1C. The van der Waals surface area contributed by atoms with E-state index in [1.165, 1.54) is 38.4 Å². The molecule has 0 radical (unpaired) electrons. The molecule has 1 unspecified atom stereocenters. The van der Waals surface area contributed by atoms with Gasteiger partial charge in [0.2, 0.25) is 10.0 Å². The normalized spacial score (nSPS) is 12.4. The molecule has 0 fully saturated rings. The van der Waals surface area contributed by atoms with Crippen LogP contribution in [-0.4, -0.2) is 55.1 Å². The second-order valence-corrected chi connectivity index (χ2v) is 9.95. The van der Waals surface area contributed by atoms with Gasteiger partial charge in [-0.2, -0.15) is 5.10 Å². The number of nitrogens with zero attached hydrogens (tertiary/aromatic N) is 3. The van der Waals surface area contributed by atoms with Crippen molar-refractivity contribution < 1.29 is 22.7 Å². The van der Waals surface area contributed by atoms with Crippen LogP contribution in [0.4, 0.5) is 0 Å². The quantitative estimate of drug-likeness (QED) is 0.492. The Bertz CT molecular complexity index is 1280. The maximum Gasteiger partial charge on any atom is 0.333 e. The zero-order chi connectivity index (χ0) is 25.0. The van der Waals surface area contributed by atoms with Gasteiger partial charge in [-0.15, -0.1) is 0 Å². The first-order valence-electron chi connectivity index (χ1n) is 10.7. The van der Waals surface area contributed by atoms with Gasteiger partial charge in [0.15, 0.2) is 6.04 Å². The fourth-order valence-corrected chi connectivity index (χ4v) is 4.47. The van der Waals surface area contributed by atoms with E-state index in [2.05, 4.69) is 10.4 Å². The van der Waals surface area contributed by atoms with Crippen LogP contribution in [0.3, 0.4) is 0 Å². The molecule has 34 heavy (non-hydrogen) atoms. The van der Waals surface area contributed by atoms with Crippen molar-refractivity contribution in [1.82, 2.24) is 19.4 Å². The molecule has 1 aromatic heterocycles. The van der Waals surface area contributed by atoms with Crippen molar-refractivity contribution in [2.45, 2.75) is 31.7 Å². The van der Waals surface area contributed by atoms with E-state index in [0.717, 1.165) is 9.99 Å². The van der Waals surface area contributed by atoms with E-state index in [4.69, 9.17) is 4.74 Å². The van der Waals surface area contributed by atoms with Crippen molar-refractivity contribution in [2.75, 3.05) is 20.7 Å². The van der Waals surface area contributed by atoms with E-state index < -0.39 is 27.9 Å². The summed E-state index contributed by atoms with van der Waals surface area (Å²) >= 11 is 0. The number of aromatic nitrogens is 2. The molecule has 0 aliphatic heterocycles. The number of ether oxygens (including phenoxy) is 1. The molecule has 2 aromatic carbocycles. The Morgan fingerprint density at radius 2 is 1.68 bits per heavy atom. The molecule has 9 nitrogen and oxygen atoms in total. The number of hydrogen-bond acceptors (Lipinski definition) is 6. The number of amides is 1. The summed E-state index contributed by atoms with van der Waals surface area (Å²) < 4.78 is 32.6. The molecule has 0 spiro atoms. The van der Waals surface area contributed by atoms with E-state index in [1.807, 2.05) is 37.3 Å². The van der Waals surface area contributed by atoms with Crippen LogP contribution in [-0.2, 0) is 19.6 Å². The number of rotatable bonds is 8. The van der Waals surface area contributed by atoms with Crippen LogP contribution >= 0.6 is 0 Å². The molecule has 0 saturated heterocycles. The van der Waals surface area contributed by atoms with Gasteiger partial charge in [0.05, 0.1) is 22.9 Å². The maximum absolute atomic E-state index is 13.0. The Labute approximate surface area is 199 Å². The summed E-state index contributed by atoms with van der Waals surface area (Å²) in [7, 11) is -0.763. The van der Waals surface area contributed by atoms with Crippen molar-refractivity contribution in [1.29, 1.82) is 0 Å². The number of carbonyl (C=O) groups is 2. The van der Waals surface area contributed by atoms with Crippen molar-refractivity contribution in [3.63, 3.8) is 0 Å². The minimum Gasteiger partial charge on any atom is -0.464 e. The van der Waals surface area contributed by atoms with Gasteiger partial charge in [-0.3, -0.25) is 4.79 Å². The van der Waals surface area contributed by atoms with Crippen LogP contribution in [0.15, 0.2) is 59.5 Å².